The predicted octanol–water partition coefficient (Wildman–Crippen LogP) is 1.86. The number of nitrogens with two attached hydrogens (primary N) is 1. The summed E-state index contributed by atoms with van der Waals surface area (Å²) in [6.45, 7) is 3.07. The summed E-state index contributed by atoms with van der Waals surface area (Å²) in [7, 11) is 0. The van der Waals surface area contributed by atoms with Crippen molar-refractivity contribution >= 4 is 23.2 Å². The van der Waals surface area contributed by atoms with Gasteiger partial charge in [0.2, 0.25) is 0 Å². The van der Waals surface area contributed by atoms with Crippen molar-refractivity contribution in [3.8, 4) is 0 Å². The van der Waals surface area contributed by atoms with Gasteiger partial charge in [-0.05, 0) is 30.7 Å². The minimum absolute atomic E-state index is 0.210. The number of hydrogen-bond acceptors (Lipinski definition) is 3. The number of hydrogen-bond donors (Lipinski definition) is 2. The molecule has 0 spiro atoms. The Morgan fingerprint density at radius 1 is 1.53 bits per heavy atom. The maximum Gasteiger partial charge on any atom is 0.253 e. The van der Waals surface area contributed by atoms with Gasteiger partial charge in [-0.15, -0.1) is 0 Å². The maximum absolute atomic E-state index is 11.9. The van der Waals surface area contributed by atoms with Gasteiger partial charge >= 0.3 is 0 Å². The largest absolute Gasteiger partial charge is 0.398 e. The molecule has 0 bridgehead atoms. The van der Waals surface area contributed by atoms with Crippen molar-refractivity contribution in [3.63, 3.8) is 0 Å². The smallest absolute Gasteiger partial charge is 0.253 e. The molecule has 0 fully saturated rings. The van der Waals surface area contributed by atoms with Crippen LogP contribution in [-0.4, -0.2) is 22.2 Å². The third-order valence-corrected chi connectivity index (χ3v) is 2.88. The van der Waals surface area contributed by atoms with Gasteiger partial charge in [-0.3, -0.25) is 9.48 Å². The number of carbonyl (C=O) groups is 1. The third-order valence-electron chi connectivity index (χ3n) is 2.65. The lowest BCUT2D eigenvalue weighted by Crippen LogP contribution is -2.28. The molecule has 5 nitrogen and oxygen atoms in total. The summed E-state index contributed by atoms with van der Waals surface area (Å²) in [6.07, 6.45) is 3.70. The molecule has 0 atom stereocenters. The van der Waals surface area contributed by atoms with Crippen LogP contribution in [0.2, 0.25) is 5.02 Å². The molecule has 0 aliphatic heterocycles. The van der Waals surface area contributed by atoms with Gasteiger partial charge in [0.05, 0.1) is 18.3 Å². The number of rotatable bonds is 4. The fraction of sp³-hybridized carbons (Fsp3) is 0.231. The van der Waals surface area contributed by atoms with E-state index in [0.717, 1.165) is 5.56 Å². The van der Waals surface area contributed by atoms with Gasteiger partial charge in [0, 0.05) is 23.5 Å². The van der Waals surface area contributed by atoms with Crippen molar-refractivity contribution in [2.75, 3.05) is 12.3 Å². The molecule has 3 N–H and O–H groups in total. The lowest BCUT2D eigenvalue weighted by atomic mass is 10.1. The molecule has 2 aromatic rings. The van der Waals surface area contributed by atoms with E-state index in [1.807, 2.05) is 13.1 Å². The summed E-state index contributed by atoms with van der Waals surface area (Å²) in [4.78, 5) is 11.9. The number of aryl methyl sites for hydroxylation is 1. The fourth-order valence-electron chi connectivity index (χ4n) is 1.71. The molecular weight excluding hydrogens is 264 g/mol. The van der Waals surface area contributed by atoms with Crippen molar-refractivity contribution in [1.82, 2.24) is 15.1 Å². The zero-order valence-corrected chi connectivity index (χ0v) is 11.3. The first-order valence-corrected chi connectivity index (χ1v) is 6.26. The molecule has 0 unspecified atom stereocenters. The van der Waals surface area contributed by atoms with Crippen molar-refractivity contribution in [2.45, 2.75) is 13.5 Å². The number of amides is 1. The highest BCUT2D eigenvalue weighted by Crippen LogP contribution is 2.17. The number of nitrogen functional groups attached to an aromatic ring is 1. The molecule has 0 saturated carbocycles. The van der Waals surface area contributed by atoms with Crippen molar-refractivity contribution in [1.29, 1.82) is 0 Å². The second-order valence-electron chi connectivity index (χ2n) is 4.27. The average Bonchev–Trinajstić information content (AvgIpc) is 2.75. The van der Waals surface area contributed by atoms with Crippen molar-refractivity contribution in [2.24, 2.45) is 0 Å². The average molecular weight is 279 g/mol. The maximum atomic E-state index is 11.9. The SMILES string of the molecule is Cc1cnn(CCNC(=O)c2ccc(Cl)cc2N)c1. The first-order valence-electron chi connectivity index (χ1n) is 5.88. The van der Waals surface area contributed by atoms with E-state index in [1.54, 1.807) is 29.1 Å². The normalized spacial score (nSPS) is 10.4. The second kappa shape index (κ2) is 5.75. The lowest BCUT2D eigenvalue weighted by Gasteiger charge is -2.08. The van der Waals surface area contributed by atoms with Crippen LogP contribution >= 0.6 is 11.6 Å². The molecule has 1 aromatic heterocycles. The quantitative estimate of drug-likeness (QED) is 0.839. The van der Waals surface area contributed by atoms with E-state index in [1.165, 1.54) is 0 Å². The number of carbonyl (C=O) groups excluding carboxylic acids is 1. The summed E-state index contributed by atoms with van der Waals surface area (Å²) in [5.74, 6) is -0.210. The zero-order chi connectivity index (χ0) is 13.8. The van der Waals surface area contributed by atoms with Crippen LogP contribution in [0, 0.1) is 6.92 Å². The Morgan fingerprint density at radius 3 is 2.95 bits per heavy atom. The zero-order valence-electron chi connectivity index (χ0n) is 10.6. The standard InChI is InChI=1S/C13H15ClN4O/c1-9-7-17-18(8-9)5-4-16-13(19)11-3-2-10(14)6-12(11)15/h2-3,6-8H,4-5,15H2,1H3,(H,16,19). The number of benzene rings is 1. The number of halogens is 1. The van der Waals surface area contributed by atoms with E-state index >= 15 is 0 Å². The van der Waals surface area contributed by atoms with E-state index in [0.29, 0.717) is 29.4 Å². The molecule has 1 heterocycles. The number of nitrogens with zero attached hydrogens (tertiary/aromatic N) is 2. The van der Waals surface area contributed by atoms with Crippen molar-refractivity contribution in [3.05, 3.63) is 46.7 Å². The van der Waals surface area contributed by atoms with Crippen LogP contribution < -0.4 is 11.1 Å². The van der Waals surface area contributed by atoms with Gasteiger partial charge in [-0.2, -0.15) is 5.10 Å². The molecule has 0 saturated heterocycles. The van der Waals surface area contributed by atoms with E-state index < -0.39 is 0 Å². The summed E-state index contributed by atoms with van der Waals surface area (Å²) in [5.41, 5.74) is 7.64. The van der Waals surface area contributed by atoms with Crippen molar-refractivity contribution < 1.29 is 4.79 Å². The molecule has 1 aromatic carbocycles. The van der Waals surface area contributed by atoms with E-state index in [9.17, 15) is 4.79 Å². The van der Waals surface area contributed by atoms with Crippen LogP contribution in [0.25, 0.3) is 0 Å². The number of nitrogens with one attached hydrogen (secondary N) is 1. The molecule has 6 heteroatoms. The van der Waals surface area contributed by atoms with Crippen LogP contribution in [0.15, 0.2) is 30.6 Å². The molecular formula is C13H15ClN4O. The monoisotopic (exact) mass is 278 g/mol. The summed E-state index contributed by atoms with van der Waals surface area (Å²) in [5, 5.41) is 7.45. The number of aromatic nitrogens is 2. The van der Waals surface area contributed by atoms with Gasteiger partial charge in [-0.25, -0.2) is 0 Å². The Morgan fingerprint density at radius 2 is 2.32 bits per heavy atom. The Balaban J connectivity index is 1.90. The Bertz CT molecular complexity index is 594. The summed E-state index contributed by atoms with van der Waals surface area (Å²) < 4.78 is 1.78. The fourth-order valence-corrected chi connectivity index (χ4v) is 1.89. The van der Waals surface area contributed by atoms with E-state index in [2.05, 4.69) is 10.4 Å². The van der Waals surface area contributed by atoms with Gasteiger partial charge in [-0.1, -0.05) is 11.6 Å². The minimum atomic E-state index is -0.210. The molecule has 1 amide bonds. The molecule has 100 valence electrons. The van der Waals surface area contributed by atoms with E-state index in [-0.39, 0.29) is 5.91 Å². The Labute approximate surface area is 116 Å². The molecule has 0 radical (unpaired) electrons. The van der Waals surface area contributed by atoms with E-state index in [4.69, 9.17) is 17.3 Å². The molecule has 0 aliphatic carbocycles. The highest BCUT2D eigenvalue weighted by molar-refractivity contribution is 6.31. The predicted molar refractivity (Wildman–Crippen MR) is 75.2 cm³/mol. The Hall–Kier alpha value is -2.01. The third kappa shape index (κ3) is 3.48. The first kappa shape index (κ1) is 13.4. The van der Waals surface area contributed by atoms with Gasteiger partial charge in [0.25, 0.3) is 5.91 Å². The van der Waals surface area contributed by atoms with Crippen LogP contribution in [0.4, 0.5) is 5.69 Å². The highest BCUT2D eigenvalue weighted by atomic mass is 35.5. The first-order chi connectivity index (χ1) is 9.06. The minimum Gasteiger partial charge on any atom is -0.398 e. The molecule has 0 aliphatic rings. The highest BCUT2D eigenvalue weighted by Gasteiger charge is 2.09. The number of anilines is 1. The van der Waals surface area contributed by atoms with Gasteiger partial charge in [0.1, 0.15) is 0 Å². The topological polar surface area (TPSA) is 72.9 Å². The Kier molecular flexibility index (Phi) is 4.06. The molecule has 19 heavy (non-hydrogen) atoms. The lowest BCUT2D eigenvalue weighted by molar-refractivity contribution is 0.0953. The van der Waals surface area contributed by atoms with Crippen LogP contribution in [0.1, 0.15) is 15.9 Å². The summed E-state index contributed by atoms with van der Waals surface area (Å²) in [6, 6.07) is 4.82. The van der Waals surface area contributed by atoms with Gasteiger partial charge in [0.15, 0.2) is 0 Å². The van der Waals surface area contributed by atoms with Crippen LogP contribution in [0.3, 0.4) is 0 Å². The second-order valence-corrected chi connectivity index (χ2v) is 4.70. The van der Waals surface area contributed by atoms with Crippen LogP contribution in [-0.2, 0) is 6.54 Å². The summed E-state index contributed by atoms with van der Waals surface area (Å²) >= 11 is 5.79. The van der Waals surface area contributed by atoms with Crippen LogP contribution in [0.5, 0.6) is 0 Å². The van der Waals surface area contributed by atoms with Gasteiger partial charge < -0.3 is 11.1 Å². The molecule has 2 rings (SSSR count).